The second-order valence-corrected chi connectivity index (χ2v) is 11.0. The molecule has 0 radical (unpaired) electrons. The maximum absolute atomic E-state index is 15.3. The van der Waals surface area contributed by atoms with E-state index in [9.17, 15) is 4.79 Å². The van der Waals surface area contributed by atoms with Gasteiger partial charge >= 0.3 is 12.1 Å². The number of hydrogen-bond donors (Lipinski definition) is 2. The highest BCUT2D eigenvalue weighted by Crippen LogP contribution is 2.41. The van der Waals surface area contributed by atoms with Crippen molar-refractivity contribution < 1.29 is 33.2 Å². The van der Waals surface area contributed by atoms with E-state index in [1.165, 1.54) is 29.8 Å². The van der Waals surface area contributed by atoms with Gasteiger partial charge in [0.25, 0.3) is 0 Å². The average Bonchev–Trinajstić information content (AvgIpc) is 3.42. The lowest BCUT2D eigenvalue weighted by Gasteiger charge is -2.22. The summed E-state index contributed by atoms with van der Waals surface area (Å²) in [7, 11) is 1.55. The lowest BCUT2D eigenvalue weighted by Crippen LogP contribution is -2.32. The molecule has 1 amide bonds. The molecule has 3 heterocycles. The van der Waals surface area contributed by atoms with Gasteiger partial charge in [0.15, 0.2) is 11.6 Å². The Bertz CT molecular complexity index is 1790. The number of methoxy groups -OCH3 is 1. The summed E-state index contributed by atoms with van der Waals surface area (Å²) in [5, 5.41) is 12.8. The molecule has 5 rings (SSSR count). The number of nitrogens with one attached hydrogen (secondary N) is 1. The molecule has 11 nitrogen and oxygen atoms in total. The van der Waals surface area contributed by atoms with Gasteiger partial charge in [-0.05, 0) is 32.0 Å². The number of aliphatic hydroxyl groups is 1. The average molecular weight is 649 g/mol. The van der Waals surface area contributed by atoms with Gasteiger partial charge in [-0.15, -0.1) is 11.3 Å². The SMILES string of the molecule is COc1cnc2c(-c3nc4c(Cl)c(F)c(O[C@@H](C)[C@@H](C)OC(=O)Nc5cnc(OCCO)nc5)cc4s3)cc(Cl)cc2c1. The lowest BCUT2D eigenvalue weighted by molar-refractivity contribution is 0.0402. The van der Waals surface area contributed by atoms with Gasteiger partial charge in [-0.2, -0.15) is 0 Å². The van der Waals surface area contributed by atoms with Gasteiger partial charge in [0, 0.05) is 22.0 Å². The number of amides is 1. The van der Waals surface area contributed by atoms with Crippen molar-refractivity contribution in [1.29, 1.82) is 0 Å². The number of fused-ring (bicyclic) bond motifs is 2. The summed E-state index contributed by atoms with van der Waals surface area (Å²) < 4.78 is 37.5. The second kappa shape index (κ2) is 13.1. The molecule has 0 spiro atoms. The number of benzene rings is 2. The third-order valence-electron chi connectivity index (χ3n) is 6.19. The van der Waals surface area contributed by atoms with E-state index in [0.717, 1.165) is 5.39 Å². The summed E-state index contributed by atoms with van der Waals surface area (Å²) in [5.41, 5.74) is 1.82. The van der Waals surface area contributed by atoms with E-state index in [2.05, 4.69) is 25.3 Å². The van der Waals surface area contributed by atoms with Gasteiger partial charge in [-0.1, -0.05) is 23.2 Å². The van der Waals surface area contributed by atoms with Gasteiger partial charge < -0.3 is 24.1 Å². The van der Waals surface area contributed by atoms with Crippen LogP contribution in [0.25, 0.3) is 31.7 Å². The van der Waals surface area contributed by atoms with Crippen molar-refractivity contribution in [1.82, 2.24) is 19.9 Å². The number of ether oxygens (including phenoxy) is 4. The fourth-order valence-corrected chi connectivity index (χ4v) is 5.49. The van der Waals surface area contributed by atoms with Crippen molar-refractivity contribution in [2.24, 2.45) is 0 Å². The summed E-state index contributed by atoms with van der Waals surface area (Å²) in [6.45, 7) is 3.08. The zero-order valence-corrected chi connectivity index (χ0v) is 25.3. The Morgan fingerprint density at radius 1 is 1.07 bits per heavy atom. The summed E-state index contributed by atoms with van der Waals surface area (Å²) in [6.07, 6.45) is 1.89. The van der Waals surface area contributed by atoms with Crippen molar-refractivity contribution in [3.05, 3.63) is 58.7 Å². The fraction of sp³-hybridized carbons (Fsp3) is 0.250. The smallest absolute Gasteiger partial charge is 0.412 e. The maximum atomic E-state index is 15.3. The minimum absolute atomic E-state index is 0.0414. The molecule has 0 aliphatic heterocycles. The normalized spacial score (nSPS) is 12.6. The molecule has 15 heteroatoms. The Balaban J connectivity index is 1.32. The van der Waals surface area contributed by atoms with Gasteiger partial charge in [0.2, 0.25) is 0 Å². The highest BCUT2D eigenvalue weighted by molar-refractivity contribution is 7.21. The van der Waals surface area contributed by atoms with E-state index in [1.807, 2.05) is 6.07 Å². The second-order valence-electron chi connectivity index (χ2n) is 9.15. The lowest BCUT2D eigenvalue weighted by atomic mass is 10.1. The number of thiazole rings is 1. The van der Waals surface area contributed by atoms with E-state index >= 15 is 4.39 Å². The monoisotopic (exact) mass is 647 g/mol. The van der Waals surface area contributed by atoms with Crippen LogP contribution < -0.4 is 19.5 Å². The van der Waals surface area contributed by atoms with Gasteiger partial charge in [-0.25, -0.2) is 24.1 Å². The third-order valence-corrected chi connectivity index (χ3v) is 7.78. The first kappa shape index (κ1) is 30.4. The number of rotatable bonds is 10. The van der Waals surface area contributed by atoms with Crippen LogP contribution in [0.2, 0.25) is 10.0 Å². The summed E-state index contributed by atoms with van der Waals surface area (Å²) in [6, 6.07) is 6.87. The van der Waals surface area contributed by atoms with Crippen LogP contribution in [0.4, 0.5) is 14.9 Å². The summed E-state index contributed by atoms with van der Waals surface area (Å²) >= 11 is 14.1. The highest BCUT2D eigenvalue weighted by atomic mass is 35.5. The van der Waals surface area contributed by atoms with Crippen LogP contribution in [0, 0.1) is 5.82 Å². The van der Waals surface area contributed by atoms with E-state index in [-0.39, 0.29) is 41.2 Å². The van der Waals surface area contributed by atoms with Crippen molar-refractivity contribution in [2.45, 2.75) is 26.1 Å². The molecule has 5 aromatic rings. The van der Waals surface area contributed by atoms with Crippen molar-refractivity contribution in [3.8, 4) is 28.1 Å². The van der Waals surface area contributed by atoms with E-state index in [1.54, 1.807) is 39.3 Å². The minimum atomic E-state index is -0.797. The Morgan fingerprint density at radius 2 is 1.84 bits per heavy atom. The van der Waals surface area contributed by atoms with Crippen LogP contribution >= 0.6 is 34.5 Å². The molecule has 43 heavy (non-hydrogen) atoms. The Labute approximate surface area is 258 Å². The fourth-order valence-electron chi connectivity index (χ4n) is 3.95. The predicted molar refractivity (Wildman–Crippen MR) is 161 cm³/mol. The molecular weight excluding hydrogens is 624 g/mol. The third kappa shape index (κ3) is 6.80. The Morgan fingerprint density at radius 3 is 2.56 bits per heavy atom. The molecule has 3 aromatic heterocycles. The number of carbonyl (C=O) groups is 1. The molecule has 0 fully saturated rings. The van der Waals surface area contributed by atoms with Crippen LogP contribution in [0.5, 0.6) is 17.5 Å². The summed E-state index contributed by atoms with van der Waals surface area (Å²) in [5.74, 6) is -0.342. The molecule has 0 saturated carbocycles. The molecule has 2 atom stereocenters. The molecule has 0 aliphatic rings. The van der Waals surface area contributed by atoms with Gasteiger partial charge in [0.05, 0.1) is 48.2 Å². The molecule has 0 aliphatic carbocycles. The predicted octanol–water partition coefficient (Wildman–Crippen LogP) is 6.53. The molecule has 0 saturated heterocycles. The number of halogens is 3. The first-order valence-electron chi connectivity index (χ1n) is 12.8. The van der Waals surface area contributed by atoms with Crippen LogP contribution in [0.3, 0.4) is 0 Å². The van der Waals surface area contributed by atoms with E-state index in [0.29, 0.717) is 31.6 Å². The largest absolute Gasteiger partial charge is 0.495 e. The van der Waals surface area contributed by atoms with Crippen LogP contribution in [0.15, 0.2) is 42.9 Å². The molecular formula is C28H24Cl2FN5O6S. The first-order valence-corrected chi connectivity index (χ1v) is 14.4. The molecule has 224 valence electrons. The van der Waals surface area contributed by atoms with Crippen molar-refractivity contribution in [3.63, 3.8) is 0 Å². The number of anilines is 1. The Hall–Kier alpha value is -4.04. The number of pyridine rings is 1. The molecule has 0 bridgehead atoms. The van der Waals surface area contributed by atoms with Crippen LogP contribution in [0.1, 0.15) is 13.8 Å². The summed E-state index contributed by atoms with van der Waals surface area (Å²) in [4.78, 5) is 29.3. The van der Waals surface area contributed by atoms with Gasteiger partial charge in [-0.3, -0.25) is 10.3 Å². The quantitative estimate of drug-likeness (QED) is 0.172. The van der Waals surface area contributed by atoms with Crippen molar-refractivity contribution >= 4 is 67.4 Å². The zero-order valence-electron chi connectivity index (χ0n) is 22.9. The number of aromatic nitrogens is 4. The number of hydrogen-bond acceptors (Lipinski definition) is 11. The molecule has 2 N–H and O–H groups in total. The van der Waals surface area contributed by atoms with Crippen LogP contribution in [-0.4, -0.2) is 63.7 Å². The minimum Gasteiger partial charge on any atom is -0.495 e. The highest BCUT2D eigenvalue weighted by Gasteiger charge is 2.24. The molecule has 0 unspecified atom stereocenters. The standard InChI is InChI=1S/C28H24Cl2FN5O6S/c1-13(14(2)42-28(38)35-17-10-33-27(34-11-17)40-5-4-37)41-20-9-21-25(22(30)23(20)31)36-26(43-21)19-8-16(29)6-15-7-18(39-3)12-32-24(15)19/h6-14,37H,4-5H2,1-3H3,(H,35,38)/t13-,14+/m0/s1. The topological polar surface area (TPSA) is 138 Å². The van der Waals surface area contributed by atoms with E-state index < -0.39 is 24.1 Å². The first-order chi connectivity index (χ1) is 20.7. The van der Waals surface area contributed by atoms with Crippen molar-refractivity contribution in [2.75, 3.05) is 25.6 Å². The van der Waals surface area contributed by atoms with Gasteiger partial charge in [0.1, 0.15) is 40.1 Å². The van der Waals surface area contributed by atoms with E-state index in [4.69, 9.17) is 47.3 Å². The number of nitrogens with zero attached hydrogens (tertiary/aromatic N) is 4. The Kier molecular flexibility index (Phi) is 9.25. The zero-order chi connectivity index (χ0) is 30.7. The maximum Gasteiger partial charge on any atom is 0.412 e. The van der Waals surface area contributed by atoms with Crippen LogP contribution in [-0.2, 0) is 4.74 Å². The number of carbonyl (C=O) groups excluding carboxylic acids is 1. The number of aliphatic hydroxyl groups excluding tert-OH is 1. The molecule has 2 aromatic carbocycles.